The van der Waals surface area contributed by atoms with Crippen LogP contribution >= 0.6 is 0 Å². The zero-order valence-electron chi connectivity index (χ0n) is 16.9. The van der Waals surface area contributed by atoms with Gasteiger partial charge in [0, 0.05) is 38.4 Å². The molecule has 31 heavy (non-hydrogen) atoms. The number of nitrogens with one attached hydrogen (secondary N) is 1. The van der Waals surface area contributed by atoms with Crippen LogP contribution in [-0.4, -0.2) is 44.2 Å². The molecule has 3 aromatic rings. The van der Waals surface area contributed by atoms with Crippen molar-refractivity contribution in [1.82, 2.24) is 24.6 Å². The van der Waals surface area contributed by atoms with Gasteiger partial charge in [0.2, 0.25) is 11.8 Å². The molecule has 9 nitrogen and oxygen atoms in total. The minimum Gasteiger partial charge on any atom is -0.354 e. The molecule has 4 rings (SSSR count). The second-order valence-electron chi connectivity index (χ2n) is 7.28. The van der Waals surface area contributed by atoms with Gasteiger partial charge in [0.05, 0.1) is 12.5 Å². The van der Waals surface area contributed by atoms with Crippen LogP contribution in [0.2, 0.25) is 0 Å². The number of hydrogen-bond donors (Lipinski definition) is 1. The highest BCUT2D eigenvalue weighted by molar-refractivity contribution is 6.00. The highest BCUT2D eigenvalue weighted by Crippen LogP contribution is 2.25. The minimum atomic E-state index is -0.512. The van der Waals surface area contributed by atoms with Gasteiger partial charge in [0.1, 0.15) is 11.5 Å². The van der Waals surface area contributed by atoms with Crippen molar-refractivity contribution in [2.75, 3.05) is 18.0 Å². The summed E-state index contributed by atoms with van der Waals surface area (Å²) in [6, 6.07) is 10.9. The number of rotatable bonds is 6. The molecule has 1 fully saturated rings. The molecule has 2 amide bonds. The van der Waals surface area contributed by atoms with Crippen LogP contribution in [0.5, 0.6) is 0 Å². The molecule has 0 spiro atoms. The first-order valence-corrected chi connectivity index (χ1v) is 9.83. The Labute approximate surface area is 177 Å². The van der Waals surface area contributed by atoms with E-state index in [2.05, 4.69) is 15.4 Å². The van der Waals surface area contributed by atoms with Crippen molar-refractivity contribution in [3.63, 3.8) is 0 Å². The Balaban J connectivity index is 1.35. The average Bonchev–Trinajstić information content (AvgIpc) is 3.30. The van der Waals surface area contributed by atoms with E-state index in [0.29, 0.717) is 17.2 Å². The predicted molar refractivity (Wildman–Crippen MR) is 111 cm³/mol. The van der Waals surface area contributed by atoms with E-state index < -0.39 is 5.92 Å². The number of carbonyl (C=O) groups excluding carboxylic acids is 2. The Morgan fingerprint density at radius 1 is 1.19 bits per heavy atom. The standard InChI is InChI=1S/C21H21FN6O3/c1-26-19(17-4-2-3-9-23-17)25-28(21(26)31)11-10-24-20(30)14-12-18(29)27(13-14)16-7-5-15(22)6-8-16/h2-9,14H,10-13H2,1H3,(H,24,30). The predicted octanol–water partition coefficient (Wildman–Crippen LogP) is 0.952. The number of nitrogens with zero attached hydrogens (tertiary/aromatic N) is 5. The molecule has 1 aromatic carbocycles. The quantitative estimate of drug-likeness (QED) is 0.635. The molecule has 1 atom stereocenters. The Bertz CT molecular complexity index is 1160. The van der Waals surface area contributed by atoms with Gasteiger partial charge >= 0.3 is 5.69 Å². The van der Waals surface area contributed by atoms with Crippen LogP contribution in [0.15, 0.2) is 53.5 Å². The third kappa shape index (κ3) is 4.23. The second-order valence-corrected chi connectivity index (χ2v) is 7.28. The van der Waals surface area contributed by atoms with E-state index in [1.165, 1.54) is 38.4 Å². The molecule has 1 aliphatic heterocycles. The molecule has 0 aliphatic carbocycles. The molecule has 2 aromatic heterocycles. The highest BCUT2D eigenvalue weighted by atomic mass is 19.1. The molecular formula is C21H21FN6O3. The number of carbonyl (C=O) groups is 2. The third-order valence-corrected chi connectivity index (χ3v) is 5.19. The first-order valence-electron chi connectivity index (χ1n) is 9.83. The summed E-state index contributed by atoms with van der Waals surface area (Å²) in [5.41, 5.74) is 0.826. The summed E-state index contributed by atoms with van der Waals surface area (Å²) in [6.07, 6.45) is 1.70. The third-order valence-electron chi connectivity index (χ3n) is 5.19. The van der Waals surface area contributed by atoms with E-state index in [-0.39, 0.29) is 49.4 Å². The summed E-state index contributed by atoms with van der Waals surface area (Å²) < 4.78 is 15.8. The van der Waals surface area contributed by atoms with Crippen molar-refractivity contribution in [1.29, 1.82) is 0 Å². The monoisotopic (exact) mass is 424 g/mol. The van der Waals surface area contributed by atoms with Gasteiger partial charge in [-0.2, -0.15) is 0 Å². The maximum Gasteiger partial charge on any atom is 0.346 e. The SMILES string of the molecule is Cn1c(-c2ccccn2)nn(CCNC(=O)C2CC(=O)N(c3ccc(F)cc3)C2)c1=O. The molecule has 160 valence electrons. The smallest absolute Gasteiger partial charge is 0.346 e. The van der Waals surface area contributed by atoms with Crippen LogP contribution in [0, 0.1) is 11.7 Å². The van der Waals surface area contributed by atoms with Crippen molar-refractivity contribution >= 4 is 17.5 Å². The second kappa shape index (κ2) is 8.50. The van der Waals surface area contributed by atoms with Crippen molar-refractivity contribution in [2.24, 2.45) is 13.0 Å². The molecule has 3 heterocycles. The Hall–Kier alpha value is -3.82. The van der Waals surface area contributed by atoms with Crippen molar-refractivity contribution in [3.05, 3.63) is 65.0 Å². The van der Waals surface area contributed by atoms with E-state index in [9.17, 15) is 18.8 Å². The average molecular weight is 424 g/mol. The van der Waals surface area contributed by atoms with Gasteiger partial charge in [0.25, 0.3) is 0 Å². The molecule has 1 unspecified atom stereocenters. The van der Waals surface area contributed by atoms with Gasteiger partial charge in [0.15, 0.2) is 5.82 Å². The van der Waals surface area contributed by atoms with E-state index in [4.69, 9.17) is 0 Å². The zero-order valence-corrected chi connectivity index (χ0v) is 16.9. The zero-order chi connectivity index (χ0) is 22.0. The normalized spacial score (nSPS) is 16.0. The van der Waals surface area contributed by atoms with Gasteiger partial charge in [-0.05, 0) is 36.4 Å². The number of anilines is 1. The van der Waals surface area contributed by atoms with Gasteiger partial charge < -0.3 is 10.2 Å². The van der Waals surface area contributed by atoms with Crippen LogP contribution in [0.3, 0.4) is 0 Å². The van der Waals surface area contributed by atoms with Crippen LogP contribution in [0.4, 0.5) is 10.1 Å². The van der Waals surface area contributed by atoms with Crippen molar-refractivity contribution in [2.45, 2.75) is 13.0 Å². The number of aromatic nitrogens is 4. The number of amides is 2. The van der Waals surface area contributed by atoms with E-state index in [1.807, 2.05) is 6.07 Å². The molecule has 1 aliphatic rings. The van der Waals surface area contributed by atoms with E-state index in [0.717, 1.165) is 0 Å². The van der Waals surface area contributed by atoms with Crippen LogP contribution in [0.1, 0.15) is 6.42 Å². The maximum absolute atomic E-state index is 13.1. The van der Waals surface area contributed by atoms with Crippen molar-refractivity contribution in [3.8, 4) is 11.5 Å². The van der Waals surface area contributed by atoms with Crippen LogP contribution < -0.4 is 15.9 Å². The first-order chi connectivity index (χ1) is 14.9. The lowest BCUT2D eigenvalue weighted by Crippen LogP contribution is -2.36. The van der Waals surface area contributed by atoms with E-state index in [1.54, 1.807) is 25.4 Å². The summed E-state index contributed by atoms with van der Waals surface area (Å²) in [5, 5.41) is 7.07. The van der Waals surface area contributed by atoms with Gasteiger partial charge in [-0.25, -0.2) is 13.9 Å². The maximum atomic E-state index is 13.1. The van der Waals surface area contributed by atoms with Crippen molar-refractivity contribution < 1.29 is 14.0 Å². The summed E-state index contributed by atoms with van der Waals surface area (Å²) in [6.45, 7) is 0.607. The molecule has 0 bridgehead atoms. The van der Waals surface area contributed by atoms with Crippen LogP contribution in [-0.2, 0) is 23.2 Å². The number of halogens is 1. The number of benzene rings is 1. The Morgan fingerprint density at radius 2 is 1.97 bits per heavy atom. The van der Waals surface area contributed by atoms with Crippen LogP contribution in [0.25, 0.3) is 11.5 Å². The Kier molecular flexibility index (Phi) is 5.61. The number of pyridine rings is 1. The largest absolute Gasteiger partial charge is 0.354 e. The topological polar surface area (TPSA) is 102 Å². The summed E-state index contributed by atoms with van der Waals surface area (Å²) in [7, 11) is 1.61. The highest BCUT2D eigenvalue weighted by Gasteiger charge is 2.35. The fourth-order valence-electron chi connectivity index (χ4n) is 3.53. The Morgan fingerprint density at radius 3 is 2.68 bits per heavy atom. The minimum absolute atomic E-state index is 0.0799. The van der Waals surface area contributed by atoms with Gasteiger partial charge in [-0.3, -0.25) is 19.1 Å². The summed E-state index contributed by atoms with van der Waals surface area (Å²) in [4.78, 5) is 42.9. The molecule has 0 saturated carbocycles. The molecule has 0 radical (unpaired) electrons. The lowest BCUT2D eigenvalue weighted by molar-refractivity contribution is -0.126. The lowest BCUT2D eigenvalue weighted by Gasteiger charge is -2.16. The number of hydrogen-bond acceptors (Lipinski definition) is 5. The van der Waals surface area contributed by atoms with Gasteiger partial charge in [-0.1, -0.05) is 6.07 Å². The fourth-order valence-corrected chi connectivity index (χ4v) is 3.53. The summed E-state index contributed by atoms with van der Waals surface area (Å²) in [5.74, 6) is -0.921. The van der Waals surface area contributed by atoms with Gasteiger partial charge in [-0.15, -0.1) is 5.10 Å². The first kappa shape index (κ1) is 20.5. The molecular weight excluding hydrogens is 403 g/mol. The molecule has 1 saturated heterocycles. The summed E-state index contributed by atoms with van der Waals surface area (Å²) >= 11 is 0. The lowest BCUT2D eigenvalue weighted by atomic mass is 10.1. The van der Waals surface area contributed by atoms with E-state index >= 15 is 0 Å². The molecule has 1 N–H and O–H groups in total. The fraction of sp³-hybridized carbons (Fsp3) is 0.286. The molecule has 10 heteroatoms.